The number of nitrogens with one attached hydrogen (secondary N) is 1. The van der Waals surface area contributed by atoms with Gasteiger partial charge in [0.1, 0.15) is 17.1 Å². The van der Waals surface area contributed by atoms with Crippen molar-refractivity contribution in [2.24, 2.45) is 0 Å². The Bertz CT molecular complexity index is 696. The number of aromatic nitrogens is 3. The molecule has 0 radical (unpaired) electrons. The molecule has 2 heterocycles. The number of likely N-dealkylation sites (tertiary alicyclic amines) is 1. The number of piperidine rings is 1. The van der Waals surface area contributed by atoms with Crippen molar-refractivity contribution in [3.63, 3.8) is 0 Å². The van der Waals surface area contributed by atoms with Crippen LogP contribution < -0.4 is 0 Å². The number of aliphatic hydroxyl groups is 1. The summed E-state index contributed by atoms with van der Waals surface area (Å²) in [5.41, 5.74) is 0.321. The predicted molar refractivity (Wildman–Crippen MR) is 75.9 cm³/mol. The molecule has 22 heavy (non-hydrogen) atoms. The summed E-state index contributed by atoms with van der Waals surface area (Å²) in [5, 5.41) is 29.9. The van der Waals surface area contributed by atoms with E-state index in [2.05, 4.69) is 15.4 Å². The minimum absolute atomic E-state index is 0.338. The van der Waals surface area contributed by atoms with Gasteiger partial charge in [-0.15, -0.1) is 0 Å². The molecule has 0 amide bonds. The highest BCUT2D eigenvalue weighted by Crippen LogP contribution is 2.30. The van der Waals surface area contributed by atoms with Gasteiger partial charge in [0.15, 0.2) is 0 Å². The van der Waals surface area contributed by atoms with Gasteiger partial charge in [0.2, 0.25) is 0 Å². The first-order valence-corrected chi connectivity index (χ1v) is 7.10. The number of nitriles is 1. The third kappa shape index (κ3) is 2.84. The van der Waals surface area contributed by atoms with Crippen LogP contribution in [0.5, 0.6) is 0 Å². The van der Waals surface area contributed by atoms with E-state index in [0.717, 1.165) is 13.0 Å². The quantitative estimate of drug-likeness (QED) is 0.892. The van der Waals surface area contributed by atoms with Crippen LogP contribution in [0, 0.1) is 17.1 Å². The van der Waals surface area contributed by atoms with E-state index in [4.69, 9.17) is 5.26 Å². The molecule has 1 aromatic heterocycles. The molecule has 0 spiro atoms. The van der Waals surface area contributed by atoms with Crippen molar-refractivity contribution >= 4 is 0 Å². The first-order chi connectivity index (χ1) is 10.6. The van der Waals surface area contributed by atoms with Gasteiger partial charge in [-0.25, -0.2) is 4.39 Å². The topological polar surface area (TPSA) is 88.8 Å². The molecule has 1 saturated heterocycles. The summed E-state index contributed by atoms with van der Waals surface area (Å²) in [6.07, 6.45) is 2.89. The first kappa shape index (κ1) is 14.6. The molecule has 0 saturated carbocycles. The summed E-state index contributed by atoms with van der Waals surface area (Å²) in [5.74, 6) is -0.338. The normalized spacial score (nSPS) is 22.4. The lowest BCUT2D eigenvalue weighted by atomic mass is 9.90. The standard InChI is InChI=1S/C15H16FN5O/c16-13-3-2-11(7-17)6-12(13)9-21-5-1-4-15(22,10-21)14-8-18-20-19-14/h2-3,6,8,22H,1,4-5,9-10H2,(H,18,19,20)/t15-/m0/s1. The molecule has 114 valence electrons. The summed E-state index contributed by atoms with van der Waals surface area (Å²) in [4.78, 5) is 1.97. The van der Waals surface area contributed by atoms with Gasteiger partial charge in [0.05, 0.1) is 17.8 Å². The van der Waals surface area contributed by atoms with Crippen LogP contribution in [0.1, 0.15) is 29.7 Å². The zero-order valence-corrected chi connectivity index (χ0v) is 12.0. The second kappa shape index (κ2) is 5.83. The maximum absolute atomic E-state index is 13.9. The number of β-amino-alcohol motifs (C(OH)–C–C–N with tert-alkyl or cyclic N) is 1. The smallest absolute Gasteiger partial charge is 0.127 e. The molecule has 0 unspecified atom stereocenters. The first-order valence-electron chi connectivity index (χ1n) is 7.10. The molecule has 0 aliphatic carbocycles. The zero-order chi connectivity index (χ0) is 15.6. The van der Waals surface area contributed by atoms with Crippen LogP contribution in [0.25, 0.3) is 0 Å². The SMILES string of the molecule is N#Cc1ccc(F)c(CN2CCC[C@@](O)(c3cn[nH]n3)C2)c1. The van der Waals surface area contributed by atoms with Gasteiger partial charge in [0, 0.05) is 18.7 Å². The Balaban J connectivity index is 1.78. The van der Waals surface area contributed by atoms with Crippen molar-refractivity contribution in [3.8, 4) is 6.07 Å². The second-order valence-corrected chi connectivity index (χ2v) is 5.62. The number of hydrogen-bond acceptors (Lipinski definition) is 5. The average molecular weight is 301 g/mol. The zero-order valence-electron chi connectivity index (χ0n) is 12.0. The lowest BCUT2D eigenvalue weighted by Crippen LogP contribution is -2.46. The van der Waals surface area contributed by atoms with E-state index >= 15 is 0 Å². The fraction of sp³-hybridized carbons (Fsp3) is 0.400. The van der Waals surface area contributed by atoms with E-state index in [0.29, 0.717) is 36.3 Å². The summed E-state index contributed by atoms with van der Waals surface area (Å²) >= 11 is 0. The van der Waals surface area contributed by atoms with E-state index in [1.807, 2.05) is 11.0 Å². The number of halogens is 1. The van der Waals surface area contributed by atoms with Gasteiger partial charge in [-0.3, -0.25) is 4.90 Å². The predicted octanol–water partition coefficient (Wildman–Crippen LogP) is 1.30. The number of aromatic amines is 1. The third-order valence-corrected chi connectivity index (χ3v) is 4.01. The molecule has 1 aromatic carbocycles. The van der Waals surface area contributed by atoms with Crippen LogP contribution >= 0.6 is 0 Å². The van der Waals surface area contributed by atoms with Crippen molar-refractivity contribution in [2.45, 2.75) is 25.0 Å². The summed E-state index contributed by atoms with van der Waals surface area (Å²) < 4.78 is 13.9. The summed E-state index contributed by atoms with van der Waals surface area (Å²) in [6, 6.07) is 6.33. The fourth-order valence-electron chi connectivity index (χ4n) is 2.90. The fourth-order valence-corrected chi connectivity index (χ4v) is 2.90. The molecule has 3 rings (SSSR count). The van der Waals surface area contributed by atoms with Crippen LogP contribution in [0.2, 0.25) is 0 Å². The van der Waals surface area contributed by atoms with Crippen LogP contribution in [0.3, 0.4) is 0 Å². The Labute approximate surface area is 127 Å². The molecule has 6 nitrogen and oxygen atoms in total. The molecule has 1 aliphatic rings. The Kier molecular flexibility index (Phi) is 3.88. The van der Waals surface area contributed by atoms with E-state index in [9.17, 15) is 9.50 Å². The molecule has 2 aromatic rings. The number of benzene rings is 1. The summed E-state index contributed by atoms with van der Waals surface area (Å²) in [6.45, 7) is 1.47. The number of H-pyrrole nitrogens is 1. The van der Waals surface area contributed by atoms with Gasteiger partial charge in [-0.05, 0) is 37.6 Å². The van der Waals surface area contributed by atoms with Gasteiger partial charge in [-0.2, -0.15) is 20.7 Å². The van der Waals surface area contributed by atoms with E-state index in [1.54, 1.807) is 6.07 Å². The molecular weight excluding hydrogens is 285 g/mol. The van der Waals surface area contributed by atoms with Crippen molar-refractivity contribution < 1.29 is 9.50 Å². The van der Waals surface area contributed by atoms with Gasteiger partial charge in [-0.1, -0.05) is 0 Å². The van der Waals surface area contributed by atoms with Gasteiger partial charge < -0.3 is 5.11 Å². The van der Waals surface area contributed by atoms with Crippen molar-refractivity contribution in [3.05, 3.63) is 47.0 Å². The Morgan fingerprint density at radius 2 is 2.36 bits per heavy atom. The molecule has 1 fully saturated rings. The molecule has 0 bridgehead atoms. The maximum atomic E-state index is 13.9. The number of nitrogens with zero attached hydrogens (tertiary/aromatic N) is 4. The maximum Gasteiger partial charge on any atom is 0.127 e. The van der Waals surface area contributed by atoms with Crippen LogP contribution in [0.15, 0.2) is 24.4 Å². The molecule has 2 N–H and O–H groups in total. The molecule has 1 aliphatic heterocycles. The Morgan fingerprint density at radius 1 is 1.50 bits per heavy atom. The number of rotatable bonds is 3. The van der Waals surface area contributed by atoms with Crippen molar-refractivity contribution in [1.82, 2.24) is 20.3 Å². The highest BCUT2D eigenvalue weighted by atomic mass is 19.1. The molecule has 7 heteroatoms. The molecule has 1 atom stereocenters. The lowest BCUT2D eigenvalue weighted by Gasteiger charge is -2.38. The van der Waals surface area contributed by atoms with Gasteiger partial charge in [0.25, 0.3) is 0 Å². The number of hydrogen-bond donors (Lipinski definition) is 2. The van der Waals surface area contributed by atoms with E-state index in [-0.39, 0.29) is 5.82 Å². The van der Waals surface area contributed by atoms with Crippen molar-refractivity contribution in [2.75, 3.05) is 13.1 Å². The minimum Gasteiger partial charge on any atom is -0.382 e. The Hall–Kier alpha value is -2.30. The largest absolute Gasteiger partial charge is 0.382 e. The van der Waals surface area contributed by atoms with Crippen molar-refractivity contribution in [1.29, 1.82) is 5.26 Å². The highest BCUT2D eigenvalue weighted by molar-refractivity contribution is 5.33. The highest BCUT2D eigenvalue weighted by Gasteiger charge is 2.37. The van der Waals surface area contributed by atoms with E-state index < -0.39 is 5.60 Å². The Morgan fingerprint density at radius 3 is 3.09 bits per heavy atom. The average Bonchev–Trinajstić information content (AvgIpc) is 3.05. The monoisotopic (exact) mass is 301 g/mol. The minimum atomic E-state index is -1.07. The lowest BCUT2D eigenvalue weighted by molar-refractivity contribution is -0.0416. The van der Waals surface area contributed by atoms with Crippen LogP contribution in [-0.2, 0) is 12.1 Å². The van der Waals surface area contributed by atoms with Crippen LogP contribution in [-0.4, -0.2) is 38.5 Å². The van der Waals surface area contributed by atoms with Gasteiger partial charge >= 0.3 is 0 Å². The van der Waals surface area contributed by atoms with Crippen LogP contribution in [0.4, 0.5) is 4.39 Å². The van der Waals surface area contributed by atoms with E-state index in [1.165, 1.54) is 18.3 Å². The third-order valence-electron chi connectivity index (χ3n) is 4.01. The summed E-state index contributed by atoms with van der Waals surface area (Å²) in [7, 11) is 0. The second-order valence-electron chi connectivity index (χ2n) is 5.62. The molecular formula is C15H16FN5O.